The second-order valence-electron chi connectivity index (χ2n) is 4.00. The van der Waals surface area contributed by atoms with Crippen LogP contribution in [0.1, 0.15) is 23.7 Å². The molecule has 19 heavy (non-hydrogen) atoms. The quantitative estimate of drug-likeness (QED) is 0.695. The highest BCUT2D eigenvalue weighted by Gasteiger charge is 2.09. The SMILES string of the molecule is CCCNCC(=O)Nc1cc(C(=O)NC)ccc1Cl. The second kappa shape index (κ2) is 7.76. The van der Waals surface area contributed by atoms with Crippen molar-refractivity contribution in [3.8, 4) is 0 Å². The third-order valence-electron chi connectivity index (χ3n) is 2.44. The van der Waals surface area contributed by atoms with E-state index in [1.54, 1.807) is 25.2 Å². The zero-order chi connectivity index (χ0) is 14.3. The minimum absolute atomic E-state index is 0.190. The lowest BCUT2D eigenvalue weighted by Crippen LogP contribution is -2.28. The van der Waals surface area contributed by atoms with Crippen molar-refractivity contribution in [1.82, 2.24) is 10.6 Å². The number of nitrogens with one attached hydrogen (secondary N) is 3. The zero-order valence-electron chi connectivity index (χ0n) is 11.0. The zero-order valence-corrected chi connectivity index (χ0v) is 11.8. The van der Waals surface area contributed by atoms with Gasteiger partial charge in [0.15, 0.2) is 0 Å². The maximum atomic E-state index is 11.7. The first kappa shape index (κ1) is 15.5. The Morgan fingerprint density at radius 3 is 2.68 bits per heavy atom. The Balaban J connectivity index is 2.71. The van der Waals surface area contributed by atoms with E-state index in [0.29, 0.717) is 16.3 Å². The lowest BCUT2D eigenvalue weighted by atomic mass is 10.2. The van der Waals surface area contributed by atoms with Crippen molar-refractivity contribution in [2.75, 3.05) is 25.5 Å². The number of amides is 2. The minimum Gasteiger partial charge on any atom is -0.355 e. The van der Waals surface area contributed by atoms with Crippen LogP contribution < -0.4 is 16.0 Å². The molecule has 0 saturated carbocycles. The van der Waals surface area contributed by atoms with Crippen LogP contribution in [0, 0.1) is 0 Å². The van der Waals surface area contributed by atoms with Crippen molar-refractivity contribution < 1.29 is 9.59 Å². The maximum Gasteiger partial charge on any atom is 0.251 e. The van der Waals surface area contributed by atoms with E-state index in [2.05, 4.69) is 16.0 Å². The van der Waals surface area contributed by atoms with Crippen LogP contribution in [0.25, 0.3) is 0 Å². The summed E-state index contributed by atoms with van der Waals surface area (Å²) in [6.07, 6.45) is 0.959. The molecule has 0 aliphatic heterocycles. The van der Waals surface area contributed by atoms with Crippen LogP contribution in [0.15, 0.2) is 18.2 Å². The molecule has 0 saturated heterocycles. The van der Waals surface area contributed by atoms with E-state index in [4.69, 9.17) is 11.6 Å². The van der Waals surface area contributed by atoms with Gasteiger partial charge >= 0.3 is 0 Å². The van der Waals surface area contributed by atoms with Crippen molar-refractivity contribution in [3.63, 3.8) is 0 Å². The van der Waals surface area contributed by atoms with Gasteiger partial charge in [0.2, 0.25) is 5.91 Å². The Labute approximate surface area is 117 Å². The molecule has 1 aromatic carbocycles. The molecule has 0 aromatic heterocycles. The first-order chi connectivity index (χ1) is 9.08. The fourth-order valence-electron chi connectivity index (χ4n) is 1.48. The Bertz CT molecular complexity index is 463. The molecule has 6 heteroatoms. The molecule has 5 nitrogen and oxygen atoms in total. The summed E-state index contributed by atoms with van der Waals surface area (Å²) in [5, 5.41) is 8.58. The first-order valence-corrected chi connectivity index (χ1v) is 6.48. The molecule has 0 bridgehead atoms. The molecule has 3 N–H and O–H groups in total. The van der Waals surface area contributed by atoms with Crippen LogP contribution in [0.5, 0.6) is 0 Å². The topological polar surface area (TPSA) is 70.2 Å². The molecule has 2 amide bonds. The number of carbonyl (C=O) groups is 2. The van der Waals surface area contributed by atoms with Gasteiger partial charge in [-0.25, -0.2) is 0 Å². The fourth-order valence-corrected chi connectivity index (χ4v) is 1.64. The standard InChI is InChI=1S/C13H18ClN3O2/c1-3-6-16-8-12(18)17-11-7-9(13(19)15-2)4-5-10(11)14/h4-5,7,16H,3,6,8H2,1-2H3,(H,15,19)(H,17,18). The molecule has 1 aromatic rings. The predicted octanol–water partition coefficient (Wildman–Crippen LogP) is 1.64. The third kappa shape index (κ3) is 4.89. The average Bonchev–Trinajstić information content (AvgIpc) is 2.40. The van der Waals surface area contributed by atoms with Crippen LogP contribution in [0.4, 0.5) is 5.69 Å². The molecule has 0 aliphatic carbocycles. The Hall–Kier alpha value is -1.59. The number of hydrogen-bond donors (Lipinski definition) is 3. The Kier molecular flexibility index (Phi) is 6.32. The van der Waals surface area contributed by atoms with Gasteiger partial charge in [-0.15, -0.1) is 0 Å². The van der Waals surface area contributed by atoms with Gasteiger partial charge in [-0.2, -0.15) is 0 Å². The molecule has 0 heterocycles. The number of carbonyl (C=O) groups excluding carboxylic acids is 2. The molecule has 0 radical (unpaired) electrons. The summed E-state index contributed by atoms with van der Waals surface area (Å²) in [6.45, 7) is 3.02. The van der Waals surface area contributed by atoms with Gasteiger partial charge < -0.3 is 16.0 Å². The predicted molar refractivity (Wildman–Crippen MR) is 76.6 cm³/mol. The van der Waals surface area contributed by atoms with E-state index >= 15 is 0 Å². The molecule has 0 unspecified atom stereocenters. The third-order valence-corrected chi connectivity index (χ3v) is 2.77. The van der Waals surface area contributed by atoms with Crippen LogP contribution in [0.2, 0.25) is 5.02 Å². The van der Waals surface area contributed by atoms with E-state index in [0.717, 1.165) is 13.0 Å². The van der Waals surface area contributed by atoms with Crippen molar-refractivity contribution in [2.24, 2.45) is 0 Å². The van der Waals surface area contributed by atoms with Crippen molar-refractivity contribution >= 4 is 29.1 Å². The van der Waals surface area contributed by atoms with Crippen LogP contribution in [0.3, 0.4) is 0 Å². The normalized spacial score (nSPS) is 10.1. The molecular weight excluding hydrogens is 266 g/mol. The van der Waals surface area contributed by atoms with Gasteiger partial charge in [0.1, 0.15) is 0 Å². The van der Waals surface area contributed by atoms with E-state index in [1.165, 1.54) is 0 Å². The molecule has 0 aliphatic rings. The largest absolute Gasteiger partial charge is 0.355 e. The van der Waals surface area contributed by atoms with Gasteiger partial charge in [0.25, 0.3) is 5.91 Å². The van der Waals surface area contributed by atoms with Gasteiger partial charge in [-0.1, -0.05) is 18.5 Å². The lowest BCUT2D eigenvalue weighted by molar-refractivity contribution is -0.115. The number of anilines is 1. The highest BCUT2D eigenvalue weighted by atomic mass is 35.5. The number of halogens is 1. The molecule has 1 rings (SSSR count). The smallest absolute Gasteiger partial charge is 0.251 e. The summed E-state index contributed by atoms with van der Waals surface area (Å²) < 4.78 is 0. The summed E-state index contributed by atoms with van der Waals surface area (Å²) in [5.74, 6) is -0.416. The summed E-state index contributed by atoms with van der Waals surface area (Å²) in [6, 6.07) is 4.74. The minimum atomic E-state index is -0.226. The van der Waals surface area contributed by atoms with E-state index < -0.39 is 0 Å². The Morgan fingerprint density at radius 1 is 1.32 bits per heavy atom. The maximum absolute atomic E-state index is 11.7. The van der Waals surface area contributed by atoms with E-state index in [9.17, 15) is 9.59 Å². The van der Waals surface area contributed by atoms with Gasteiger partial charge in [-0.05, 0) is 31.2 Å². The fraction of sp³-hybridized carbons (Fsp3) is 0.385. The highest BCUT2D eigenvalue weighted by molar-refractivity contribution is 6.33. The summed E-state index contributed by atoms with van der Waals surface area (Å²) >= 11 is 5.98. The monoisotopic (exact) mass is 283 g/mol. The average molecular weight is 284 g/mol. The van der Waals surface area contributed by atoms with Gasteiger partial charge in [0.05, 0.1) is 17.3 Å². The van der Waals surface area contributed by atoms with Gasteiger partial charge in [-0.3, -0.25) is 9.59 Å². The summed E-state index contributed by atoms with van der Waals surface area (Å²) in [5.41, 5.74) is 0.884. The number of hydrogen-bond acceptors (Lipinski definition) is 3. The van der Waals surface area contributed by atoms with Crippen molar-refractivity contribution in [3.05, 3.63) is 28.8 Å². The molecule has 0 spiro atoms. The highest BCUT2D eigenvalue weighted by Crippen LogP contribution is 2.22. The summed E-state index contributed by atoms with van der Waals surface area (Å²) in [7, 11) is 1.55. The van der Waals surface area contributed by atoms with Crippen molar-refractivity contribution in [1.29, 1.82) is 0 Å². The molecule has 0 atom stereocenters. The Morgan fingerprint density at radius 2 is 2.05 bits per heavy atom. The lowest BCUT2D eigenvalue weighted by Gasteiger charge is -2.09. The molecular formula is C13H18ClN3O2. The number of rotatable bonds is 6. The van der Waals surface area contributed by atoms with Crippen LogP contribution >= 0.6 is 11.6 Å². The molecule has 0 fully saturated rings. The first-order valence-electron chi connectivity index (χ1n) is 6.10. The van der Waals surface area contributed by atoms with E-state index in [-0.39, 0.29) is 18.4 Å². The van der Waals surface area contributed by atoms with Crippen LogP contribution in [-0.2, 0) is 4.79 Å². The van der Waals surface area contributed by atoms with Crippen LogP contribution in [-0.4, -0.2) is 32.0 Å². The van der Waals surface area contributed by atoms with E-state index in [1.807, 2.05) is 6.92 Å². The molecule has 104 valence electrons. The number of benzene rings is 1. The summed E-state index contributed by atoms with van der Waals surface area (Å²) in [4.78, 5) is 23.2. The second-order valence-corrected chi connectivity index (χ2v) is 4.41. The van der Waals surface area contributed by atoms with Gasteiger partial charge in [0, 0.05) is 12.6 Å². The van der Waals surface area contributed by atoms with Crippen molar-refractivity contribution in [2.45, 2.75) is 13.3 Å².